The van der Waals surface area contributed by atoms with Gasteiger partial charge in [-0.15, -0.1) is 0 Å². The van der Waals surface area contributed by atoms with E-state index in [9.17, 15) is 4.79 Å². The summed E-state index contributed by atoms with van der Waals surface area (Å²) in [7, 11) is 0. The van der Waals surface area contributed by atoms with Gasteiger partial charge in [0.1, 0.15) is 0 Å². The summed E-state index contributed by atoms with van der Waals surface area (Å²) < 4.78 is 5.71. The van der Waals surface area contributed by atoms with E-state index < -0.39 is 0 Å². The Balaban J connectivity index is 1.43. The van der Waals surface area contributed by atoms with Crippen molar-refractivity contribution in [2.45, 2.75) is 58.0 Å². The second kappa shape index (κ2) is 5.62. The molecule has 1 saturated heterocycles. The second-order valence-electron chi connectivity index (χ2n) is 7.90. The van der Waals surface area contributed by atoms with Gasteiger partial charge in [0.2, 0.25) is 5.91 Å². The maximum atomic E-state index is 13.1. The van der Waals surface area contributed by atoms with Crippen LogP contribution in [0.15, 0.2) is 6.20 Å². The van der Waals surface area contributed by atoms with Gasteiger partial charge in [0, 0.05) is 19.7 Å². The molecule has 1 aliphatic heterocycles. The van der Waals surface area contributed by atoms with Gasteiger partial charge in [-0.05, 0) is 55.9 Å². The molecule has 0 radical (unpaired) electrons. The highest BCUT2D eigenvalue weighted by Crippen LogP contribution is 2.50. The van der Waals surface area contributed by atoms with E-state index in [4.69, 9.17) is 4.74 Å². The molecule has 2 atom stereocenters. The molecular formula is C18H27N3O2. The van der Waals surface area contributed by atoms with Gasteiger partial charge in [-0.1, -0.05) is 6.92 Å². The number of nitrogens with one attached hydrogen (secondary N) is 1. The van der Waals surface area contributed by atoms with E-state index in [0.29, 0.717) is 23.3 Å². The third-order valence-corrected chi connectivity index (χ3v) is 6.08. The molecule has 126 valence electrons. The van der Waals surface area contributed by atoms with Crippen LogP contribution in [0.25, 0.3) is 0 Å². The van der Waals surface area contributed by atoms with E-state index in [0.717, 1.165) is 57.5 Å². The van der Waals surface area contributed by atoms with Gasteiger partial charge in [-0.25, -0.2) is 0 Å². The monoisotopic (exact) mass is 317 g/mol. The maximum absolute atomic E-state index is 13.1. The SMILES string of the molecule is CCOC1CC2(CCN(C(=O)C3CC(C)Cc4cn[nH]c43)C2)C1. The Hall–Kier alpha value is -1.36. The van der Waals surface area contributed by atoms with Crippen LogP contribution in [0.1, 0.15) is 56.7 Å². The maximum Gasteiger partial charge on any atom is 0.231 e. The fraction of sp³-hybridized carbons (Fsp3) is 0.778. The number of fused-ring (bicyclic) bond motifs is 1. The van der Waals surface area contributed by atoms with Crippen LogP contribution in [0.4, 0.5) is 0 Å². The van der Waals surface area contributed by atoms with E-state index in [1.54, 1.807) is 0 Å². The van der Waals surface area contributed by atoms with Crippen molar-refractivity contribution >= 4 is 5.91 Å². The van der Waals surface area contributed by atoms with Gasteiger partial charge in [0.15, 0.2) is 0 Å². The topological polar surface area (TPSA) is 58.2 Å². The summed E-state index contributed by atoms with van der Waals surface area (Å²) in [4.78, 5) is 15.2. The molecule has 3 aliphatic rings. The van der Waals surface area contributed by atoms with Gasteiger partial charge in [0.05, 0.1) is 23.9 Å². The van der Waals surface area contributed by atoms with Crippen molar-refractivity contribution in [2.24, 2.45) is 11.3 Å². The van der Waals surface area contributed by atoms with Crippen molar-refractivity contribution in [3.05, 3.63) is 17.5 Å². The summed E-state index contributed by atoms with van der Waals surface area (Å²) in [6.45, 7) is 6.92. The number of nitrogens with zero attached hydrogens (tertiary/aromatic N) is 2. The van der Waals surface area contributed by atoms with E-state index in [1.165, 1.54) is 5.56 Å². The van der Waals surface area contributed by atoms with E-state index in [1.807, 2.05) is 6.20 Å². The zero-order chi connectivity index (χ0) is 16.0. The van der Waals surface area contributed by atoms with Crippen LogP contribution in [0, 0.1) is 11.3 Å². The summed E-state index contributed by atoms with van der Waals surface area (Å²) in [5.74, 6) is 0.838. The van der Waals surface area contributed by atoms with Gasteiger partial charge in [-0.3, -0.25) is 9.89 Å². The van der Waals surface area contributed by atoms with Crippen molar-refractivity contribution in [3.8, 4) is 0 Å². The van der Waals surface area contributed by atoms with Crippen molar-refractivity contribution in [2.75, 3.05) is 19.7 Å². The molecule has 1 spiro atoms. The first-order valence-corrected chi connectivity index (χ1v) is 9.03. The lowest BCUT2D eigenvalue weighted by molar-refractivity contribution is -0.134. The molecule has 2 heterocycles. The highest BCUT2D eigenvalue weighted by molar-refractivity contribution is 5.84. The molecule has 4 rings (SSSR count). The van der Waals surface area contributed by atoms with Crippen molar-refractivity contribution < 1.29 is 9.53 Å². The predicted molar refractivity (Wildman–Crippen MR) is 87.1 cm³/mol. The number of rotatable bonds is 3. The molecule has 1 N–H and O–H groups in total. The van der Waals surface area contributed by atoms with Crippen LogP contribution < -0.4 is 0 Å². The van der Waals surface area contributed by atoms with E-state index in [-0.39, 0.29) is 5.92 Å². The standard InChI is InChI=1S/C18H27N3O2/c1-3-23-14-8-18(9-14)4-5-21(11-18)17(22)15-7-12(2)6-13-10-19-20-16(13)15/h10,12,14-15H,3-9,11H2,1-2H3,(H,19,20). The molecule has 23 heavy (non-hydrogen) atoms. The van der Waals surface area contributed by atoms with Crippen LogP contribution in [-0.4, -0.2) is 46.8 Å². The molecule has 0 aromatic carbocycles. The number of carbonyl (C=O) groups is 1. The van der Waals surface area contributed by atoms with Gasteiger partial charge in [0.25, 0.3) is 0 Å². The van der Waals surface area contributed by atoms with Gasteiger partial charge >= 0.3 is 0 Å². The Labute approximate surface area is 137 Å². The van der Waals surface area contributed by atoms with Gasteiger partial charge < -0.3 is 9.64 Å². The summed E-state index contributed by atoms with van der Waals surface area (Å²) in [5.41, 5.74) is 2.64. The largest absolute Gasteiger partial charge is 0.378 e. The molecule has 5 nitrogen and oxygen atoms in total. The number of amides is 1. The smallest absolute Gasteiger partial charge is 0.231 e. The molecule has 1 saturated carbocycles. The zero-order valence-electron chi connectivity index (χ0n) is 14.2. The third-order valence-electron chi connectivity index (χ3n) is 6.08. The third kappa shape index (κ3) is 2.59. The lowest BCUT2D eigenvalue weighted by Gasteiger charge is -2.44. The summed E-state index contributed by atoms with van der Waals surface area (Å²) in [5, 5.41) is 7.26. The first-order chi connectivity index (χ1) is 11.1. The Morgan fingerprint density at radius 1 is 1.52 bits per heavy atom. The normalized spacial score (nSPS) is 36.1. The minimum absolute atomic E-state index is 0.0193. The number of hydrogen-bond donors (Lipinski definition) is 1. The quantitative estimate of drug-likeness (QED) is 0.932. The molecule has 2 aliphatic carbocycles. The number of aromatic nitrogens is 2. The fourth-order valence-electron chi connectivity index (χ4n) is 4.93. The number of H-pyrrole nitrogens is 1. The molecular weight excluding hydrogens is 290 g/mol. The van der Waals surface area contributed by atoms with E-state index in [2.05, 4.69) is 28.9 Å². The molecule has 1 aromatic heterocycles. The van der Waals surface area contributed by atoms with Crippen LogP contribution in [0.5, 0.6) is 0 Å². The van der Waals surface area contributed by atoms with Crippen LogP contribution >= 0.6 is 0 Å². The van der Waals surface area contributed by atoms with Crippen molar-refractivity contribution in [3.63, 3.8) is 0 Å². The lowest BCUT2D eigenvalue weighted by Crippen LogP contribution is -2.45. The average molecular weight is 317 g/mol. The number of ether oxygens (including phenoxy) is 1. The van der Waals surface area contributed by atoms with E-state index >= 15 is 0 Å². The summed E-state index contributed by atoms with van der Waals surface area (Å²) in [6, 6.07) is 0. The van der Waals surface area contributed by atoms with Crippen molar-refractivity contribution in [1.29, 1.82) is 0 Å². The highest BCUT2D eigenvalue weighted by atomic mass is 16.5. The van der Waals surface area contributed by atoms with Crippen LogP contribution in [0.3, 0.4) is 0 Å². The first-order valence-electron chi connectivity index (χ1n) is 9.03. The fourth-order valence-corrected chi connectivity index (χ4v) is 4.93. The minimum Gasteiger partial charge on any atom is -0.378 e. The number of hydrogen-bond acceptors (Lipinski definition) is 3. The van der Waals surface area contributed by atoms with Crippen LogP contribution in [0.2, 0.25) is 0 Å². The number of carbonyl (C=O) groups excluding carboxylic acids is 1. The lowest BCUT2D eigenvalue weighted by atomic mass is 9.66. The Kier molecular flexibility index (Phi) is 3.71. The zero-order valence-corrected chi connectivity index (χ0v) is 14.2. The number of likely N-dealkylation sites (tertiary alicyclic amines) is 1. The average Bonchev–Trinajstić information content (AvgIpc) is 3.12. The Morgan fingerprint density at radius 2 is 2.35 bits per heavy atom. The summed E-state index contributed by atoms with van der Waals surface area (Å²) in [6.07, 6.45) is 7.69. The molecule has 1 amide bonds. The highest BCUT2D eigenvalue weighted by Gasteiger charge is 2.50. The predicted octanol–water partition coefficient (Wildman–Crippen LogP) is 2.49. The van der Waals surface area contributed by atoms with Gasteiger partial charge in [-0.2, -0.15) is 5.10 Å². The molecule has 5 heteroatoms. The van der Waals surface area contributed by atoms with Crippen LogP contribution in [-0.2, 0) is 16.0 Å². The molecule has 2 unspecified atom stereocenters. The minimum atomic E-state index is -0.0193. The first kappa shape index (κ1) is 15.2. The van der Waals surface area contributed by atoms with Crippen molar-refractivity contribution in [1.82, 2.24) is 15.1 Å². The molecule has 1 aromatic rings. The molecule has 0 bridgehead atoms. The summed E-state index contributed by atoms with van der Waals surface area (Å²) >= 11 is 0. The Morgan fingerprint density at radius 3 is 3.13 bits per heavy atom. The number of aromatic amines is 1. The molecule has 2 fully saturated rings. The Bertz CT molecular complexity index is 591. The second-order valence-corrected chi connectivity index (χ2v) is 7.90.